The number of hydrogen-bond donors (Lipinski definition) is 0. The fourth-order valence-corrected chi connectivity index (χ4v) is 2.35. The zero-order chi connectivity index (χ0) is 12.2. The maximum atomic E-state index is 12.3. The number of aliphatic imine (C=N–C) groups is 1. The van der Waals surface area contributed by atoms with Gasteiger partial charge < -0.3 is 0 Å². The second-order valence-electron chi connectivity index (χ2n) is 4.44. The Bertz CT molecular complexity index is 464. The first kappa shape index (κ1) is 10.9. The Kier molecular flexibility index (Phi) is 1.99. The lowest BCUT2D eigenvalue weighted by atomic mass is 9.76. The largest absolute Gasteiger partial charge is 0.272 e. The molecule has 0 aromatic carbocycles. The number of rotatable bonds is 0. The molecule has 0 aliphatic carbocycles. The molecule has 0 N–H and O–H groups in total. The van der Waals surface area contributed by atoms with Crippen LogP contribution in [0, 0.1) is 5.41 Å². The molecule has 0 saturated carbocycles. The summed E-state index contributed by atoms with van der Waals surface area (Å²) in [5.41, 5.74) is 0.981. The van der Waals surface area contributed by atoms with E-state index in [2.05, 4.69) is 4.99 Å². The topological polar surface area (TPSA) is 53.0 Å². The number of hydrogen-bond acceptors (Lipinski definition) is 3. The highest BCUT2D eigenvalue weighted by Gasteiger charge is 2.54. The van der Waals surface area contributed by atoms with Crippen LogP contribution in [-0.4, -0.2) is 41.6 Å². The number of amides is 2. The minimum Gasteiger partial charge on any atom is -0.272 e. The lowest BCUT2D eigenvalue weighted by Crippen LogP contribution is -2.59. The SMILES string of the molecule is CC1=NC(C)=C2C(=O)N(C)N(C)C(=O)C12C. The van der Waals surface area contributed by atoms with Gasteiger partial charge in [-0.05, 0) is 20.8 Å². The van der Waals surface area contributed by atoms with Crippen LogP contribution in [0.4, 0.5) is 0 Å². The number of nitrogens with zero attached hydrogens (tertiary/aromatic N) is 3. The van der Waals surface area contributed by atoms with Gasteiger partial charge in [-0.2, -0.15) is 0 Å². The van der Waals surface area contributed by atoms with Gasteiger partial charge in [0.1, 0.15) is 5.41 Å². The van der Waals surface area contributed by atoms with E-state index in [-0.39, 0.29) is 11.8 Å². The van der Waals surface area contributed by atoms with E-state index in [1.165, 1.54) is 10.0 Å². The molecule has 5 heteroatoms. The zero-order valence-electron chi connectivity index (χ0n) is 10.2. The van der Waals surface area contributed by atoms with Crippen molar-refractivity contribution >= 4 is 17.5 Å². The van der Waals surface area contributed by atoms with Crippen molar-refractivity contribution in [2.24, 2.45) is 10.4 Å². The van der Waals surface area contributed by atoms with Crippen molar-refractivity contribution in [3.05, 3.63) is 11.3 Å². The molecule has 2 heterocycles. The van der Waals surface area contributed by atoms with Gasteiger partial charge in [-0.15, -0.1) is 0 Å². The molecule has 2 aliphatic rings. The number of fused-ring (bicyclic) bond motifs is 1. The summed E-state index contributed by atoms with van der Waals surface area (Å²) < 4.78 is 0. The predicted molar refractivity (Wildman–Crippen MR) is 59.5 cm³/mol. The van der Waals surface area contributed by atoms with Gasteiger partial charge in [0.05, 0.1) is 5.57 Å². The second kappa shape index (κ2) is 2.93. The summed E-state index contributed by atoms with van der Waals surface area (Å²) in [4.78, 5) is 28.7. The van der Waals surface area contributed by atoms with E-state index in [1.807, 2.05) is 0 Å². The molecule has 16 heavy (non-hydrogen) atoms. The number of likely N-dealkylation sites (N-methyl/N-ethyl adjacent to an activating group) is 1. The van der Waals surface area contributed by atoms with E-state index in [1.54, 1.807) is 34.9 Å². The number of carbonyl (C=O) groups is 2. The van der Waals surface area contributed by atoms with Crippen LogP contribution < -0.4 is 0 Å². The lowest BCUT2D eigenvalue weighted by molar-refractivity contribution is -0.165. The average Bonchev–Trinajstić information content (AvgIpc) is 2.45. The summed E-state index contributed by atoms with van der Waals surface area (Å²) in [5, 5.41) is 2.68. The highest BCUT2D eigenvalue weighted by Crippen LogP contribution is 2.42. The predicted octanol–water partition coefficient (Wildman–Crippen LogP) is 0.587. The third-order valence-corrected chi connectivity index (χ3v) is 3.60. The highest BCUT2D eigenvalue weighted by molar-refractivity contribution is 6.21. The van der Waals surface area contributed by atoms with Crippen LogP contribution in [0.2, 0.25) is 0 Å². The van der Waals surface area contributed by atoms with Crippen LogP contribution in [-0.2, 0) is 9.59 Å². The first-order valence-corrected chi connectivity index (χ1v) is 5.15. The van der Waals surface area contributed by atoms with Gasteiger partial charge >= 0.3 is 0 Å². The van der Waals surface area contributed by atoms with Gasteiger partial charge in [-0.25, -0.2) is 0 Å². The molecule has 1 unspecified atom stereocenters. The van der Waals surface area contributed by atoms with Crippen LogP contribution >= 0.6 is 0 Å². The molecule has 0 spiro atoms. The van der Waals surface area contributed by atoms with Gasteiger partial charge in [-0.3, -0.25) is 24.6 Å². The fourth-order valence-electron chi connectivity index (χ4n) is 2.35. The van der Waals surface area contributed by atoms with Crippen molar-refractivity contribution in [1.82, 2.24) is 10.0 Å². The quantitative estimate of drug-likeness (QED) is 0.601. The number of allylic oxidation sites excluding steroid dienone is 1. The van der Waals surface area contributed by atoms with Crippen LogP contribution in [0.1, 0.15) is 20.8 Å². The van der Waals surface area contributed by atoms with Gasteiger partial charge in [-0.1, -0.05) is 0 Å². The molecule has 2 aliphatic heterocycles. The first-order chi connectivity index (χ1) is 7.31. The molecule has 2 rings (SSSR count). The molecule has 5 nitrogen and oxygen atoms in total. The molecule has 0 aromatic rings. The summed E-state index contributed by atoms with van der Waals surface area (Å²) in [6.45, 7) is 5.33. The van der Waals surface area contributed by atoms with Gasteiger partial charge in [0.15, 0.2) is 0 Å². The molecule has 0 aromatic heterocycles. The first-order valence-electron chi connectivity index (χ1n) is 5.15. The molecule has 0 bridgehead atoms. The number of hydrazine groups is 1. The Balaban J connectivity index is 2.65. The van der Waals surface area contributed by atoms with Crippen LogP contribution in [0.5, 0.6) is 0 Å². The summed E-state index contributed by atoms with van der Waals surface area (Å²) in [6, 6.07) is 0. The molecule has 1 saturated heterocycles. The average molecular weight is 221 g/mol. The van der Waals surface area contributed by atoms with Crippen molar-refractivity contribution in [1.29, 1.82) is 0 Å². The monoisotopic (exact) mass is 221 g/mol. The standard InChI is InChI=1S/C11H15N3O2/c1-6-8-9(15)13(4)14(5)10(16)11(8,3)7(2)12-6/h1-5H3. The van der Waals surface area contributed by atoms with E-state index in [0.29, 0.717) is 17.0 Å². The van der Waals surface area contributed by atoms with E-state index in [9.17, 15) is 9.59 Å². The van der Waals surface area contributed by atoms with Crippen molar-refractivity contribution in [3.8, 4) is 0 Å². The summed E-state index contributed by atoms with van der Waals surface area (Å²) in [6.07, 6.45) is 0. The van der Waals surface area contributed by atoms with Gasteiger partial charge in [0.2, 0.25) is 0 Å². The Hall–Kier alpha value is -1.65. The van der Waals surface area contributed by atoms with Crippen LogP contribution in [0.25, 0.3) is 0 Å². The molecule has 86 valence electrons. The van der Waals surface area contributed by atoms with E-state index < -0.39 is 5.41 Å². The van der Waals surface area contributed by atoms with Crippen LogP contribution in [0.15, 0.2) is 16.3 Å². The summed E-state index contributed by atoms with van der Waals surface area (Å²) in [5.74, 6) is -0.259. The van der Waals surface area contributed by atoms with Gasteiger partial charge in [0, 0.05) is 25.5 Å². The third kappa shape index (κ3) is 0.977. The Labute approximate surface area is 94.4 Å². The van der Waals surface area contributed by atoms with Crippen LogP contribution in [0.3, 0.4) is 0 Å². The Morgan fingerprint density at radius 3 is 2.25 bits per heavy atom. The lowest BCUT2D eigenvalue weighted by Gasteiger charge is -2.42. The van der Waals surface area contributed by atoms with E-state index >= 15 is 0 Å². The van der Waals surface area contributed by atoms with Crippen molar-refractivity contribution in [2.45, 2.75) is 20.8 Å². The number of carbonyl (C=O) groups excluding carboxylic acids is 2. The maximum absolute atomic E-state index is 12.3. The fraction of sp³-hybridized carbons (Fsp3) is 0.545. The van der Waals surface area contributed by atoms with Crippen molar-refractivity contribution in [2.75, 3.05) is 14.1 Å². The normalized spacial score (nSPS) is 29.9. The molecule has 2 amide bonds. The van der Waals surface area contributed by atoms with E-state index in [0.717, 1.165) is 0 Å². The molecule has 1 fully saturated rings. The third-order valence-electron chi connectivity index (χ3n) is 3.60. The molecule has 1 atom stereocenters. The second-order valence-corrected chi connectivity index (χ2v) is 4.44. The van der Waals surface area contributed by atoms with E-state index in [4.69, 9.17) is 0 Å². The maximum Gasteiger partial charge on any atom is 0.271 e. The smallest absolute Gasteiger partial charge is 0.271 e. The molecular weight excluding hydrogens is 206 g/mol. The molecule has 0 radical (unpaired) electrons. The summed E-state index contributed by atoms with van der Waals surface area (Å²) in [7, 11) is 3.19. The molecular formula is C11H15N3O2. The Morgan fingerprint density at radius 1 is 1.12 bits per heavy atom. The van der Waals surface area contributed by atoms with Crippen molar-refractivity contribution < 1.29 is 9.59 Å². The van der Waals surface area contributed by atoms with Gasteiger partial charge in [0.25, 0.3) is 11.8 Å². The summed E-state index contributed by atoms with van der Waals surface area (Å²) >= 11 is 0. The minimum absolute atomic E-state index is 0.109. The Morgan fingerprint density at radius 2 is 1.69 bits per heavy atom. The highest BCUT2D eigenvalue weighted by atomic mass is 16.2. The zero-order valence-corrected chi connectivity index (χ0v) is 10.2. The van der Waals surface area contributed by atoms with Crippen molar-refractivity contribution in [3.63, 3.8) is 0 Å². The minimum atomic E-state index is -0.873.